The Balaban J connectivity index is 0.000000313. The fraction of sp³-hybridized carbons (Fsp3) is 0.353. The molecule has 0 spiro atoms. The van der Waals surface area contributed by atoms with Gasteiger partial charge < -0.3 is 9.84 Å². The van der Waals surface area contributed by atoms with Crippen molar-refractivity contribution in [3.63, 3.8) is 0 Å². The second-order valence-corrected chi connectivity index (χ2v) is 4.86. The van der Waals surface area contributed by atoms with E-state index in [1.165, 1.54) is 0 Å². The van der Waals surface area contributed by atoms with E-state index in [0.29, 0.717) is 19.4 Å². The van der Waals surface area contributed by atoms with Crippen molar-refractivity contribution in [2.45, 2.75) is 25.9 Å². The molecule has 10 radical (unpaired) electrons. The Bertz CT molecular complexity index is 297. The van der Waals surface area contributed by atoms with Gasteiger partial charge in [0.25, 0.3) is 0 Å². The summed E-state index contributed by atoms with van der Waals surface area (Å²) in [6.45, 7) is 2.22. The molecule has 2 atom stereocenters. The molecule has 3 aliphatic carbocycles. The monoisotopic (exact) mass is 328 g/mol. The van der Waals surface area contributed by atoms with Gasteiger partial charge in [0.1, 0.15) is 0 Å². The SMILES string of the molecule is CCOC(=O)C[C@H]1C[C@H](O)[C]2[CH][CH][CH][C]21.[CH]1[CH][CH][CH][CH]1.[Fe+2]. The van der Waals surface area contributed by atoms with Crippen molar-refractivity contribution in [1.29, 1.82) is 0 Å². The summed E-state index contributed by atoms with van der Waals surface area (Å²) in [7, 11) is 0. The van der Waals surface area contributed by atoms with Gasteiger partial charge in [-0.15, -0.1) is 0 Å². The zero-order chi connectivity index (χ0) is 14.4. The van der Waals surface area contributed by atoms with E-state index in [1.54, 1.807) is 6.92 Å². The predicted octanol–water partition coefficient (Wildman–Crippen LogP) is 2.11. The van der Waals surface area contributed by atoms with Gasteiger partial charge >= 0.3 is 23.0 Å². The molecule has 0 amide bonds. The standard InChI is InChI=1S/C12H15O3.C5H5.Fe/c1-2-15-12(14)7-8-6-11(13)10-5-3-4-9(8)10;1-2-4-5-3-1;/h3-5,8,11,13H,2,6-7H2,1H3;1-5H;/q;;+2/t8-,11+;;/m1../s1. The zero-order valence-electron chi connectivity index (χ0n) is 12.0. The molecule has 0 bridgehead atoms. The zero-order valence-corrected chi connectivity index (χ0v) is 13.1. The fourth-order valence-electron chi connectivity index (χ4n) is 2.58. The first-order chi connectivity index (χ1) is 9.72. The maximum Gasteiger partial charge on any atom is 2.00 e. The topological polar surface area (TPSA) is 46.5 Å². The van der Waals surface area contributed by atoms with Crippen LogP contribution < -0.4 is 0 Å². The van der Waals surface area contributed by atoms with E-state index < -0.39 is 6.10 Å². The number of carbonyl (C=O) groups excluding carboxylic acids is 1. The molecule has 1 N–H and O–H groups in total. The fourth-order valence-corrected chi connectivity index (χ4v) is 2.58. The minimum Gasteiger partial charge on any atom is -0.466 e. The first-order valence-electron chi connectivity index (χ1n) is 6.98. The van der Waals surface area contributed by atoms with Gasteiger partial charge in [0.2, 0.25) is 0 Å². The Morgan fingerprint density at radius 1 is 1.14 bits per heavy atom. The number of aliphatic hydroxyl groups is 1. The van der Waals surface area contributed by atoms with Gasteiger partial charge in [-0.1, -0.05) is 0 Å². The number of ether oxygens (including phenoxy) is 1. The van der Waals surface area contributed by atoms with Gasteiger partial charge in [0, 0.05) is 12.3 Å². The Morgan fingerprint density at radius 3 is 2.29 bits per heavy atom. The van der Waals surface area contributed by atoms with Crippen LogP contribution in [0.1, 0.15) is 19.8 Å². The van der Waals surface area contributed by atoms with Gasteiger partial charge in [-0.05, 0) is 76.5 Å². The van der Waals surface area contributed by atoms with Crippen molar-refractivity contribution in [2.24, 2.45) is 5.92 Å². The Morgan fingerprint density at radius 2 is 1.71 bits per heavy atom. The van der Waals surface area contributed by atoms with E-state index in [9.17, 15) is 9.90 Å². The Kier molecular flexibility index (Phi) is 8.92. The Hall–Kier alpha value is -0.0505. The van der Waals surface area contributed by atoms with Crippen LogP contribution >= 0.6 is 0 Å². The van der Waals surface area contributed by atoms with Crippen LogP contribution in [0.5, 0.6) is 0 Å². The van der Waals surface area contributed by atoms with Crippen LogP contribution in [-0.4, -0.2) is 23.8 Å². The third kappa shape index (κ3) is 5.58. The van der Waals surface area contributed by atoms with Crippen molar-refractivity contribution in [3.8, 4) is 0 Å². The number of fused-ring (bicyclic) bond motifs is 1. The van der Waals surface area contributed by atoms with Crippen LogP contribution in [0.25, 0.3) is 0 Å². The predicted molar refractivity (Wildman–Crippen MR) is 76.2 cm³/mol. The van der Waals surface area contributed by atoms with Crippen LogP contribution in [0.2, 0.25) is 0 Å². The van der Waals surface area contributed by atoms with Crippen LogP contribution in [-0.2, 0) is 26.6 Å². The summed E-state index contributed by atoms with van der Waals surface area (Å²) in [4.78, 5) is 11.3. The van der Waals surface area contributed by atoms with Gasteiger partial charge in [-0.2, -0.15) is 0 Å². The summed E-state index contributed by atoms with van der Waals surface area (Å²) in [5, 5.41) is 9.73. The molecule has 0 heterocycles. The molecule has 3 rings (SSSR count). The third-order valence-corrected chi connectivity index (χ3v) is 3.47. The van der Waals surface area contributed by atoms with E-state index >= 15 is 0 Å². The minimum atomic E-state index is -0.408. The normalized spacial score (nSPS) is 28.5. The molecule has 4 heteroatoms. The van der Waals surface area contributed by atoms with Gasteiger partial charge in [0.15, 0.2) is 0 Å². The molecule has 0 aliphatic heterocycles. The van der Waals surface area contributed by atoms with Crippen LogP contribution in [0.4, 0.5) is 0 Å². The number of carbonyl (C=O) groups is 1. The molecule has 3 nitrogen and oxygen atoms in total. The number of aliphatic hydroxyl groups excluding tert-OH is 1. The van der Waals surface area contributed by atoms with Crippen molar-refractivity contribution in [2.75, 3.05) is 6.61 Å². The first kappa shape index (κ1) is 19.0. The van der Waals surface area contributed by atoms with E-state index in [1.807, 2.05) is 51.4 Å². The molecular formula is C17H20FeO3+2. The van der Waals surface area contributed by atoms with Crippen LogP contribution in [0.3, 0.4) is 0 Å². The van der Waals surface area contributed by atoms with Gasteiger partial charge in [-0.3, -0.25) is 4.79 Å². The number of rotatable bonds is 3. The molecule has 112 valence electrons. The average molecular weight is 328 g/mol. The van der Waals surface area contributed by atoms with Crippen molar-refractivity contribution in [1.82, 2.24) is 0 Å². The summed E-state index contributed by atoms with van der Waals surface area (Å²) in [5.74, 6) is 2.03. The van der Waals surface area contributed by atoms with E-state index in [4.69, 9.17) is 4.74 Å². The summed E-state index contributed by atoms with van der Waals surface area (Å²) < 4.78 is 4.91. The van der Waals surface area contributed by atoms with E-state index in [0.717, 1.165) is 11.8 Å². The van der Waals surface area contributed by atoms with Crippen LogP contribution in [0.15, 0.2) is 0 Å². The first-order valence-corrected chi connectivity index (χ1v) is 6.98. The summed E-state index contributed by atoms with van der Waals surface area (Å²) >= 11 is 0. The number of hydrogen-bond acceptors (Lipinski definition) is 3. The second-order valence-electron chi connectivity index (χ2n) is 4.86. The minimum absolute atomic E-state index is 0. The Labute approximate surface area is 139 Å². The van der Waals surface area contributed by atoms with Gasteiger partial charge in [-0.25, -0.2) is 0 Å². The second kappa shape index (κ2) is 9.86. The van der Waals surface area contributed by atoms with Crippen molar-refractivity contribution in [3.05, 3.63) is 63.2 Å². The smallest absolute Gasteiger partial charge is 0.466 e. The average Bonchev–Trinajstić information content (AvgIpc) is 3.14. The summed E-state index contributed by atoms with van der Waals surface area (Å²) in [6, 6.07) is 0. The molecule has 3 saturated carbocycles. The molecule has 0 aromatic rings. The van der Waals surface area contributed by atoms with E-state index in [2.05, 4.69) is 0 Å². The molecular weight excluding hydrogens is 308 g/mol. The third-order valence-electron chi connectivity index (χ3n) is 3.47. The molecule has 0 unspecified atom stereocenters. The van der Waals surface area contributed by atoms with Crippen molar-refractivity contribution >= 4 is 5.97 Å². The summed E-state index contributed by atoms with van der Waals surface area (Å²) in [6.07, 6.45) is 16.4. The quantitative estimate of drug-likeness (QED) is 0.638. The van der Waals surface area contributed by atoms with Crippen molar-refractivity contribution < 1.29 is 31.7 Å². The molecule has 3 fully saturated rings. The number of esters is 1. The molecule has 0 aromatic heterocycles. The maximum atomic E-state index is 11.3. The maximum absolute atomic E-state index is 11.3. The summed E-state index contributed by atoms with van der Waals surface area (Å²) in [5.41, 5.74) is 0. The van der Waals surface area contributed by atoms with Gasteiger partial charge in [0.05, 0.1) is 12.7 Å². The molecule has 21 heavy (non-hydrogen) atoms. The molecule has 0 saturated heterocycles. The molecule has 3 aliphatic rings. The molecule has 0 aromatic carbocycles. The number of hydrogen-bond donors (Lipinski definition) is 1. The van der Waals surface area contributed by atoms with Crippen LogP contribution in [0, 0.1) is 69.1 Å². The largest absolute Gasteiger partial charge is 2.00 e. The van der Waals surface area contributed by atoms with E-state index in [-0.39, 0.29) is 29.0 Å².